The molecule has 110 valence electrons. The minimum atomic E-state index is -0.920. The maximum absolute atomic E-state index is 12.7. The van der Waals surface area contributed by atoms with E-state index in [4.69, 9.17) is 10.8 Å². The number of carboxylic acids is 1. The number of rotatable bonds is 4. The molecule has 3 N–H and O–H groups in total. The fourth-order valence-corrected chi connectivity index (χ4v) is 1.98. The highest BCUT2D eigenvalue weighted by atomic mass is 16.4. The summed E-state index contributed by atoms with van der Waals surface area (Å²) in [6.07, 6.45) is -0.0790. The monoisotopic (exact) mass is 278 g/mol. The summed E-state index contributed by atoms with van der Waals surface area (Å²) in [7, 11) is 0. The number of benzene rings is 1. The Balaban J connectivity index is 3.10. The van der Waals surface area contributed by atoms with Crippen LogP contribution >= 0.6 is 0 Å². The Bertz CT molecular complexity index is 518. The molecule has 0 heterocycles. The molecule has 0 radical (unpaired) electrons. The number of hydrogen-bond donors (Lipinski definition) is 2. The average Bonchev–Trinajstić information content (AvgIpc) is 2.30. The Morgan fingerprint density at radius 3 is 2.40 bits per heavy atom. The molecule has 1 rings (SSSR count). The van der Waals surface area contributed by atoms with Crippen LogP contribution in [0.25, 0.3) is 0 Å². The number of carbonyl (C=O) groups is 2. The first-order valence-corrected chi connectivity index (χ1v) is 6.53. The summed E-state index contributed by atoms with van der Waals surface area (Å²) in [5.41, 5.74) is 7.17. The second kappa shape index (κ2) is 5.94. The maximum Gasteiger partial charge on any atom is 0.305 e. The van der Waals surface area contributed by atoms with Crippen molar-refractivity contribution in [3.8, 4) is 0 Å². The first kappa shape index (κ1) is 16.0. The van der Waals surface area contributed by atoms with Gasteiger partial charge in [-0.2, -0.15) is 0 Å². The summed E-state index contributed by atoms with van der Waals surface area (Å²) in [4.78, 5) is 25.0. The molecule has 20 heavy (non-hydrogen) atoms. The molecule has 0 saturated heterocycles. The number of aliphatic carboxylic acids is 1. The molecular weight excluding hydrogens is 256 g/mol. The van der Waals surface area contributed by atoms with Gasteiger partial charge in [0, 0.05) is 23.3 Å². The van der Waals surface area contributed by atoms with Crippen molar-refractivity contribution in [2.75, 3.05) is 12.3 Å². The van der Waals surface area contributed by atoms with Crippen molar-refractivity contribution in [3.63, 3.8) is 0 Å². The Morgan fingerprint density at radius 1 is 1.30 bits per heavy atom. The summed E-state index contributed by atoms with van der Waals surface area (Å²) in [5, 5.41) is 8.82. The summed E-state index contributed by atoms with van der Waals surface area (Å²) >= 11 is 0. The highest BCUT2D eigenvalue weighted by molar-refractivity contribution is 5.97. The minimum absolute atomic E-state index is 0.0790. The van der Waals surface area contributed by atoms with Gasteiger partial charge in [-0.15, -0.1) is 0 Å². The fraction of sp³-hybridized carbons (Fsp3) is 0.467. The molecule has 0 spiro atoms. The van der Waals surface area contributed by atoms with Gasteiger partial charge in [0.2, 0.25) is 0 Å². The lowest BCUT2D eigenvalue weighted by Gasteiger charge is -2.36. The minimum Gasteiger partial charge on any atom is -0.481 e. The SMILES string of the molecule is Cc1c(N)cccc1C(=O)N(CCC(=O)O)C(C)(C)C. The molecular formula is C15H22N2O3. The number of carbonyl (C=O) groups excluding carboxylic acids is 1. The Hall–Kier alpha value is -2.04. The van der Waals surface area contributed by atoms with Gasteiger partial charge in [-0.1, -0.05) is 6.07 Å². The van der Waals surface area contributed by atoms with Crippen LogP contribution in [0.3, 0.4) is 0 Å². The summed E-state index contributed by atoms with van der Waals surface area (Å²) in [5.74, 6) is -1.11. The van der Waals surface area contributed by atoms with Crippen molar-refractivity contribution >= 4 is 17.6 Å². The van der Waals surface area contributed by atoms with Crippen LogP contribution < -0.4 is 5.73 Å². The Kier molecular flexibility index (Phi) is 4.76. The van der Waals surface area contributed by atoms with E-state index in [1.54, 1.807) is 30.0 Å². The Labute approximate surface area is 119 Å². The molecule has 5 nitrogen and oxygen atoms in total. The molecule has 0 aromatic heterocycles. The van der Waals surface area contributed by atoms with E-state index in [0.29, 0.717) is 11.3 Å². The number of hydrogen-bond acceptors (Lipinski definition) is 3. The molecule has 0 unspecified atom stereocenters. The van der Waals surface area contributed by atoms with E-state index in [0.717, 1.165) is 5.56 Å². The van der Waals surface area contributed by atoms with Crippen LogP contribution in [0.5, 0.6) is 0 Å². The van der Waals surface area contributed by atoms with Gasteiger partial charge in [0.25, 0.3) is 5.91 Å². The van der Waals surface area contributed by atoms with Crippen molar-refractivity contribution in [2.24, 2.45) is 0 Å². The standard InChI is InChI=1S/C15H22N2O3/c1-10-11(6-5-7-12(10)16)14(20)17(15(2,3)4)9-8-13(18)19/h5-7H,8-9,16H2,1-4H3,(H,18,19). The van der Waals surface area contributed by atoms with Crippen molar-refractivity contribution in [2.45, 2.75) is 39.7 Å². The van der Waals surface area contributed by atoms with Gasteiger partial charge in [-0.05, 0) is 45.4 Å². The average molecular weight is 278 g/mol. The van der Waals surface area contributed by atoms with Gasteiger partial charge >= 0.3 is 5.97 Å². The first-order chi connectivity index (χ1) is 9.14. The summed E-state index contributed by atoms with van der Waals surface area (Å²) in [6, 6.07) is 5.19. The van der Waals surface area contributed by atoms with Crippen LogP contribution in [0.15, 0.2) is 18.2 Å². The van der Waals surface area contributed by atoms with E-state index in [2.05, 4.69) is 0 Å². The van der Waals surface area contributed by atoms with Crippen LogP contribution in [0.4, 0.5) is 5.69 Å². The molecule has 0 aliphatic heterocycles. The zero-order valence-corrected chi connectivity index (χ0v) is 12.4. The molecule has 1 amide bonds. The first-order valence-electron chi connectivity index (χ1n) is 6.53. The summed E-state index contributed by atoms with van der Waals surface area (Å²) in [6.45, 7) is 7.61. The van der Waals surface area contributed by atoms with Gasteiger partial charge in [0.05, 0.1) is 6.42 Å². The van der Waals surface area contributed by atoms with E-state index in [1.807, 2.05) is 20.8 Å². The van der Waals surface area contributed by atoms with E-state index < -0.39 is 11.5 Å². The molecule has 0 fully saturated rings. The van der Waals surface area contributed by atoms with Gasteiger partial charge in [0.15, 0.2) is 0 Å². The van der Waals surface area contributed by atoms with E-state index >= 15 is 0 Å². The predicted octanol–water partition coefficient (Wildman–Crippen LogP) is 2.29. The van der Waals surface area contributed by atoms with Gasteiger partial charge in [-0.25, -0.2) is 0 Å². The normalized spacial score (nSPS) is 11.2. The zero-order chi connectivity index (χ0) is 15.5. The number of carboxylic acid groups (broad SMARTS) is 1. The second-order valence-corrected chi connectivity index (χ2v) is 5.79. The second-order valence-electron chi connectivity index (χ2n) is 5.79. The number of nitrogen functional groups attached to an aromatic ring is 1. The van der Waals surface area contributed by atoms with Crippen LogP contribution in [0.1, 0.15) is 43.1 Å². The van der Waals surface area contributed by atoms with Crippen molar-refractivity contribution in [1.82, 2.24) is 4.90 Å². The van der Waals surface area contributed by atoms with Crippen molar-refractivity contribution in [3.05, 3.63) is 29.3 Å². The number of anilines is 1. The van der Waals surface area contributed by atoms with Crippen LogP contribution in [-0.2, 0) is 4.79 Å². The molecule has 0 atom stereocenters. The molecule has 0 saturated carbocycles. The highest BCUT2D eigenvalue weighted by Gasteiger charge is 2.28. The topological polar surface area (TPSA) is 83.6 Å². The highest BCUT2D eigenvalue weighted by Crippen LogP contribution is 2.22. The number of nitrogens with zero attached hydrogens (tertiary/aromatic N) is 1. The number of nitrogens with two attached hydrogens (primary N) is 1. The zero-order valence-electron chi connectivity index (χ0n) is 12.4. The summed E-state index contributed by atoms with van der Waals surface area (Å²) < 4.78 is 0. The van der Waals surface area contributed by atoms with Crippen molar-refractivity contribution in [1.29, 1.82) is 0 Å². The molecule has 1 aromatic carbocycles. The van der Waals surface area contributed by atoms with Gasteiger partial charge < -0.3 is 15.7 Å². The van der Waals surface area contributed by atoms with Crippen LogP contribution in [-0.4, -0.2) is 34.0 Å². The third kappa shape index (κ3) is 3.73. The molecule has 0 aliphatic rings. The van der Waals surface area contributed by atoms with E-state index in [-0.39, 0.29) is 18.9 Å². The molecule has 5 heteroatoms. The fourth-order valence-electron chi connectivity index (χ4n) is 1.98. The third-order valence-corrected chi connectivity index (χ3v) is 3.21. The maximum atomic E-state index is 12.7. The van der Waals surface area contributed by atoms with Crippen molar-refractivity contribution < 1.29 is 14.7 Å². The quantitative estimate of drug-likeness (QED) is 0.828. The molecule has 1 aromatic rings. The van der Waals surface area contributed by atoms with Gasteiger partial charge in [0.1, 0.15) is 0 Å². The van der Waals surface area contributed by atoms with E-state index in [9.17, 15) is 9.59 Å². The van der Waals surface area contributed by atoms with Crippen LogP contribution in [0, 0.1) is 6.92 Å². The molecule has 0 aliphatic carbocycles. The van der Waals surface area contributed by atoms with Gasteiger partial charge in [-0.3, -0.25) is 9.59 Å². The lowest BCUT2D eigenvalue weighted by Crippen LogP contribution is -2.46. The predicted molar refractivity (Wildman–Crippen MR) is 78.6 cm³/mol. The number of amides is 1. The van der Waals surface area contributed by atoms with Crippen LogP contribution in [0.2, 0.25) is 0 Å². The largest absolute Gasteiger partial charge is 0.481 e. The lowest BCUT2D eigenvalue weighted by molar-refractivity contribution is -0.137. The molecule has 0 bridgehead atoms. The third-order valence-electron chi connectivity index (χ3n) is 3.21. The van der Waals surface area contributed by atoms with E-state index in [1.165, 1.54) is 0 Å². The lowest BCUT2D eigenvalue weighted by atomic mass is 10.0. The Morgan fingerprint density at radius 2 is 1.90 bits per heavy atom. The smallest absolute Gasteiger partial charge is 0.305 e.